The van der Waals surface area contributed by atoms with Crippen LogP contribution in [0, 0.1) is 23.7 Å². The molecule has 2 aliphatic heterocycles. The van der Waals surface area contributed by atoms with Gasteiger partial charge in [0.1, 0.15) is 0 Å². The van der Waals surface area contributed by atoms with Crippen LogP contribution in [0.5, 0.6) is 0 Å². The van der Waals surface area contributed by atoms with Gasteiger partial charge in [0.15, 0.2) is 0 Å². The summed E-state index contributed by atoms with van der Waals surface area (Å²) in [5.41, 5.74) is 0. The van der Waals surface area contributed by atoms with Crippen molar-refractivity contribution in [1.29, 1.82) is 0 Å². The van der Waals surface area contributed by atoms with E-state index in [2.05, 4.69) is 10.2 Å². The Bertz CT molecular complexity index is 346. The number of carbonyl (C=O) groups excluding carboxylic acids is 1. The third kappa shape index (κ3) is 2.10. The lowest BCUT2D eigenvalue weighted by atomic mass is 9.88. The molecular weight excluding hydrogens is 236 g/mol. The van der Waals surface area contributed by atoms with Gasteiger partial charge in [0.05, 0.1) is 0 Å². The number of rotatable bonds is 2. The van der Waals surface area contributed by atoms with E-state index < -0.39 is 0 Å². The fourth-order valence-corrected chi connectivity index (χ4v) is 5.03. The van der Waals surface area contributed by atoms with Gasteiger partial charge >= 0.3 is 0 Å². The third-order valence-electron chi connectivity index (χ3n) is 6.21. The monoisotopic (exact) mass is 262 g/mol. The van der Waals surface area contributed by atoms with Crippen LogP contribution in [0.15, 0.2) is 0 Å². The number of hydrogen-bond acceptors (Lipinski definition) is 2. The van der Waals surface area contributed by atoms with Gasteiger partial charge in [-0.3, -0.25) is 4.79 Å². The zero-order valence-corrected chi connectivity index (χ0v) is 11.8. The second-order valence-electron chi connectivity index (χ2n) is 7.15. The highest BCUT2D eigenvalue weighted by Crippen LogP contribution is 2.58. The summed E-state index contributed by atoms with van der Waals surface area (Å²) in [6, 6.07) is 0.748. The van der Waals surface area contributed by atoms with Gasteiger partial charge in [0.2, 0.25) is 5.91 Å². The molecule has 4 fully saturated rings. The van der Waals surface area contributed by atoms with E-state index in [1.54, 1.807) is 0 Å². The van der Waals surface area contributed by atoms with Crippen LogP contribution in [0.4, 0.5) is 0 Å². The molecule has 0 aromatic rings. The van der Waals surface area contributed by atoms with Crippen molar-refractivity contribution >= 4 is 5.91 Å². The number of carbonyl (C=O) groups is 1. The molecule has 0 aromatic heterocycles. The van der Waals surface area contributed by atoms with E-state index in [1.807, 2.05) is 0 Å². The summed E-state index contributed by atoms with van der Waals surface area (Å²) in [6.45, 7) is 3.25. The van der Waals surface area contributed by atoms with Crippen molar-refractivity contribution in [2.75, 3.05) is 19.6 Å². The van der Waals surface area contributed by atoms with Crippen LogP contribution in [0.25, 0.3) is 0 Å². The van der Waals surface area contributed by atoms with Crippen molar-refractivity contribution in [1.82, 2.24) is 10.2 Å². The summed E-state index contributed by atoms with van der Waals surface area (Å²) in [7, 11) is 0. The number of likely N-dealkylation sites (tertiary alicyclic amines) is 1. The van der Waals surface area contributed by atoms with Crippen LogP contribution < -0.4 is 5.32 Å². The molecule has 1 amide bonds. The van der Waals surface area contributed by atoms with Crippen molar-refractivity contribution in [2.24, 2.45) is 23.7 Å². The van der Waals surface area contributed by atoms with E-state index in [4.69, 9.17) is 0 Å². The zero-order chi connectivity index (χ0) is 12.8. The largest absolute Gasteiger partial charge is 0.342 e. The molecule has 0 spiro atoms. The summed E-state index contributed by atoms with van der Waals surface area (Å²) in [5, 5.41) is 3.63. The minimum atomic E-state index is 0.440. The number of hydrogen-bond donors (Lipinski definition) is 1. The second kappa shape index (κ2) is 4.76. The van der Waals surface area contributed by atoms with Gasteiger partial charge in [0.25, 0.3) is 0 Å². The molecule has 3 atom stereocenters. The molecule has 2 aliphatic carbocycles. The van der Waals surface area contributed by atoms with E-state index in [1.165, 1.54) is 51.5 Å². The van der Waals surface area contributed by atoms with Crippen LogP contribution in [0.3, 0.4) is 0 Å². The van der Waals surface area contributed by atoms with Crippen molar-refractivity contribution in [3.63, 3.8) is 0 Å². The molecule has 1 N–H and O–H groups in total. The lowest BCUT2D eigenvalue weighted by Crippen LogP contribution is -2.44. The highest BCUT2D eigenvalue weighted by atomic mass is 16.2. The fourth-order valence-electron chi connectivity index (χ4n) is 5.03. The van der Waals surface area contributed by atoms with Gasteiger partial charge in [-0.25, -0.2) is 0 Å². The Balaban J connectivity index is 1.29. The van der Waals surface area contributed by atoms with Crippen molar-refractivity contribution in [3.05, 3.63) is 0 Å². The number of piperidine rings is 1. The summed E-state index contributed by atoms with van der Waals surface area (Å²) in [5.74, 6) is 3.33. The molecule has 2 heterocycles. The minimum absolute atomic E-state index is 0.440. The Kier molecular flexibility index (Phi) is 3.06. The smallest absolute Gasteiger partial charge is 0.226 e. The summed E-state index contributed by atoms with van der Waals surface area (Å²) >= 11 is 0. The lowest BCUT2D eigenvalue weighted by molar-refractivity contribution is -0.134. The Hall–Kier alpha value is -0.570. The average molecular weight is 262 g/mol. The van der Waals surface area contributed by atoms with Gasteiger partial charge in [-0.2, -0.15) is 0 Å². The molecule has 3 unspecified atom stereocenters. The first-order valence-corrected chi connectivity index (χ1v) is 8.37. The molecule has 3 nitrogen and oxygen atoms in total. The zero-order valence-electron chi connectivity index (χ0n) is 11.8. The van der Waals surface area contributed by atoms with Crippen LogP contribution in [0.2, 0.25) is 0 Å². The number of fused-ring (bicyclic) bond motifs is 1. The predicted octanol–water partition coefficient (Wildman–Crippen LogP) is 2.02. The number of amides is 1. The van der Waals surface area contributed by atoms with Crippen LogP contribution in [0.1, 0.15) is 44.9 Å². The Morgan fingerprint density at radius 2 is 1.68 bits per heavy atom. The normalized spacial score (nSPS) is 42.4. The summed E-state index contributed by atoms with van der Waals surface area (Å²) < 4.78 is 0. The van der Waals surface area contributed by atoms with Crippen LogP contribution in [-0.2, 0) is 4.79 Å². The van der Waals surface area contributed by atoms with E-state index in [-0.39, 0.29) is 0 Å². The van der Waals surface area contributed by atoms with E-state index in [0.717, 1.165) is 36.9 Å². The van der Waals surface area contributed by atoms with E-state index in [0.29, 0.717) is 11.8 Å². The predicted molar refractivity (Wildman–Crippen MR) is 74.6 cm³/mol. The molecule has 0 radical (unpaired) electrons. The van der Waals surface area contributed by atoms with Gasteiger partial charge < -0.3 is 10.2 Å². The average Bonchev–Trinajstić information content (AvgIpc) is 2.91. The molecule has 106 valence electrons. The molecule has 0 bridgehead atoms. The second-order valence-corrected chi connectivity index (χ2v) is 7.15. The maximum atomic E-state index is 12.5. The van der Waals surface area contributed by atoms with Crippen LogP contribution in [-0.4, -0.2) is 36.5 Å². The lowest BCUT2D eigenvalue weighted by Gasteiger charge is -2.35. The fraction of sp³-hybridized carbons (Fsp3) is 0.938. The van der Waals surface area contributed by atoms with Crippen molar-refractivity contribution in [3.8, 4) is 0 Å². The SMILES string of the molecule is O=C(C1C2CCCC21)N1CCC(C2CCCN2)CC1. The molecule has 0 aromatic carbocycles. The Morgan fingerprint density at radius 1 is 0.947 bits per heavy atom. The van der Waals surface area contributed by atoms with Gasteiger partial charge in [0, 0.05) is 25.0 Å². The summed E-state index contributed by atoms with van der Waals surface area (Å²) in [6.07, 6.45) is 9.17. The maximum absolute atomic E-state index is 12.5. The molecular formula is C16H26N2O. The van der Waals surface area contributed by atoms with E-state index >= 15 is 0 Å². The van der Waals surface area contributed by atoms with Crippen molar-refractivity contribution < 1.29 is 4.79 Å². The number of nitrogens with one attached hydrogen (secondary N) is 1. The first-order valence-electron chi connectivity index (χ1n) is 8.37. The highest BCUT2D eigenvalue weighted by Gasteiger charge is 2.57. The molecule has 3 heteroatoms. The molecule has 4 rings (SSSR count). The first-order chi connectivity index (χ1) is 9.34. The summed E-state index contributed by atoms with van der Waals surface area (Å²) in [4.78, 5) is 14.7. The van der Waals surface area contributed by atoms with Crippen molar-refractivity contribution in [2.45, 2.75) is 51.0 Å². The van der Waals surface area contributed by atoms with Gasteiger partial charge in [-0.1, -0.05) is 6.42 Å². The topological polar surface area (TPSA) is 32.3 Å². The van der Waals surface area contributed by atoms with Gasteiger partial charge in [-0.05, 0) is 62.8 Å². The molecule has 4 aliphatic rings. The molecule has 19 heavy (non-hydrogen) atoms. The third-order valence-corrected chi connectivity index (χ3v) is 6.21. The molecule has 2 saturated carbocycles. The van der Waals surface area contributed by atoms with Crippen LogP contribution >= 0.6 is 0 Å². The maximum Gasteiger partial charge on any atom is 0.226 e. The van der Waals surface area contributed by atoms with E-state index in [9.17, 15) is 4.79 Å². The number of nitrogens with zero attached hydrogens (tertiary/aromatic N) is 1. The quantitative estimate of drug-likeness (QED) is 0.826. The Labute approximate surface area is 116 Å². The minimum Gasteiger partial charge on any atom is -0.342 e. The highest BCUT2D eigenvalue weighted by molar-refractivity contribution is 5.82. The molecule has 2 saturated heterocycles. The Morgan fingerprint density at radius 3 is 2.32 bits per heavy atom. The first kappa shape index (κ1) is 12.2. The standard InChI is InChI=1S/C16H26N2O/c19-16(15-12-3-1-4-13(12)15)18-9-6-11(7-10-18)14-5-2-8-17-14/h11-15,17H,1-10H2. The van der Waals surface area contributed by atoms with Gasteiger partial charge in [-0.15, -0.1) is 0 Å².